The van der Waals surface area contributed by atoms with Gasteiger partial charge in [-0.1, -0.05) is 97.1 Å². The molecule has 4 rings (SSSR count). The normalized spacial score (nSPS) is 12.6. The van der Waals surface area contributed by atoms with E-state index < -0.39 is 12.2 Å². The van der Waals surface area contributed by atoms with Crippen molar-refractivity contribution in [3.8, 4) is 11.5 Å². The molecule has 0 radical (unpaired) electrons. The average molecular weight is 541 g/mol. The molecule has 7 heteroatoms. The highest BCUT2D eigenvalue weighted by molar-refractivity contribution is 5.79. The molecule has 0 aliphatic rings. The molecular weight excluding hydrogens is 504 g/mol. The second-order valence-corrected chi connectivity index (χ2v) is 9.57. The second-order valence-electron chi connectivity index (χ2n) is 9.57. The highest BCUT2D eigenvalue weighted by Crippen LogP contribution is 2.21. The quantitative estimate of drug-likeness (QED) is 0.211. The summed E-state index contributed by atoms with van der Waals surface area (Å²) in [7, 11) is 0. The average Bonchev–Trinajstić information content (AvgIpc) is 2.99. The molecule has 2 atom stereocenters. The van der Waals surface area contributed by atoms with Crippen LogP contribution < -0.4 is 14.8 Å². The highest BCUT2D eigenvalue weighted by atomic mass is 16.5. The van der Waals surface area contributed by atoms with Gasteiger partial charge in [-0.3, -0.25) is 9.69 Å². The zero-order valence-corrected chi connectivity index (χ0v) is 22.4. The van der Waals surface area contributed by atoms with Gasteiger partial charge in [0.05, 0.1) is 12.6 Å². The fraction of sp³-hybridized carbons (Fsp3) is 0.242. The van der Waals surface area contributed by atoms with E-state index in [-0.39, 0.29) is 44.8 Å². The third-order valence-electron chi connectivity index (χ3n) is 6.25. The number of para-hydroxylation sites is 2. The number of hydrogen-bond donors (Lipinski definition) is 3. The van der Waals surface area contributed by atoms with Gasteiger partial charge < -0.3 is 25.0 Å². The summed E-state index contributed by atoms with van der Waals surface area (Å²) in [6.07, 6.45) is -1.76. The number of aliphatic hydroxyl groups is 2. The Morgan fingerprint density at radius 1 is 0.625 bits per heavy atom. The van der Waals surface area contributed by atoms with Crippen LogP contribution in [0.1, 0.15) is 17.2 Å². The predicted octanol–water partition coefficient (Wildman–Crippen LogP) is 4.07. The number of carbonyl (C=O) groups is 1. The first kappa shape index (κ1) is 28.8. The predicted molar refractivity (Wildman–Crippen MR) is 155 cm³/mol. The van der Waals surface area contributed by atoms with E-state index >= 15 is 0 Å². The Balaban J connectivity index is 1.41. The van der Waals surface area contributed by atoms with E-state index in [9.17, 15) is 15.0 Å². The summed E-state index contributed by atoms with van der Waals surface area (Å²) in [5, 5.41) is 24.6. The fourth-order valence-corrected chi connectivity index (χ4v) is 4.38. The summed E-state index contributed by atoms with van der Waals surface area (Å²) in [6.45, 7) is 0.333. The fourth-order valence-electron chi connectivity index (χ4n) is 4.38. The van der Waals surface area contributed by atoms with Gasteiger partial charge in [-0.2, -0.15) is 0 Å². The van der Waals surface area contributed by atoms with Gasteiger partial charge in [0.25, 0.3) is 0 Å². The molecule has 3 N–H and O–H groups in total. The van der Waals surface area contributed by atoms with Crippen LogP contribution >= 0.6 is 0 Å². The van der Waals surface area contributed by atoms with Gasteiger partial charge in [-0.15, -0.1) is 0 Å². The van der Waals surface area contributed by atoms with Crippen LogP contribution in [0.4, 0.5) is 0 Å². The van der Waals surface area contributed by atoms with E-state index in [2.05, 4.69) is 5.32 Å². The maximum atomic E-state index is 13.4. The van der Waals surface area contributed by atoms with Crippen LogP contribution in [0.5, 0.6) is 11.5 Å². The lowest BCUT2D eigenvalue weighted by molar-refractivity contribution is -0.123. The minimum atomic E-state index is -0.880. The molecule has 0 spiro atoms. The molecule has 0 unspecified atom stereocenters. The molecule has 0 aromatic heterocycles. The van der Waals surface area contributed by atoms with Crippen molar-refractivity contribution in [1.29, 1.82) is 0 Å². The van der Waals surface area contributed by atoms with Crippen LogP contribution in [0.25, 0.3) is 0 Å². The molecule has 4 aromatic carbocycles. The van der Waals surface area contributed by atoms with Crippen molar-refractivity contribution in [2.75, 3.05) is 32.8 Å². The summed E-state index contributed by atoms with van der Waals surface area (Å²) in [5.74, 6) is 1.07. The lowest BCUT2D eigenvalue weighted by Crippen LogP contribution is -2.46. The van der Waals surface area contributed by atoms with Crippen LogP contribution in [0.15, 0.2) is 121 Å². The summed E-state index contributed by atoms with van der Waals surface area (Å²) in [4.78, 5) is 15.1. The van der Waals surface area contributed by atoms with Crippen molar-refractivity contribution in [1.82, 2.24) is 10.2 Å². The number of aliphatic hydroxyl groups excluding tert-OH is 2. The first-order valence-corrected chi connectivity index (χ1v) is 13.4. The smallest absolute Gasteiger partial charge is 0.234 e. The van der Waals surface area contributed by atoms with Gasteiger partial charge in [-0.05, 0) is 35.4 Å². The van der Waals surface area contributed by atoms with E-state index in [4.69, 9.17) is 9.47 Å². The van der Waals surface area contributed by atoms with Crippen LogP contribution in [0.3, 0.4) is 0 Å². The minimum Gasteiger partial charge on any atom is -0.491 e. The molecule has 40 heavy (non-hydrogen) atoms. The van der Waals surface area contributed by atoms with Gasteiger partial charge in [0.1, 0.15) is 36.9 Å². The van der Waals surface area contributed by atoms with E-state index in [1.54, 1.807) is 4.90 Å². The highest BCUT2D eigenvalue weighted by Gasteiger charge is 2.22. The molecule has 4 aromatic rings. The van der Waals surface area contributed by atoms with Crippen molar-refractivity contribution in [3.63, 3.8) is 0 Å². The molecule has 0 heterocycles. The maximum absolute atomic E-state index is 13.4. The molecule has 0 aliphatic heterocycles. The van der Waals surface area contributed by atoms with Gasteiger partial charge in [0.2, 0.25) is 5.91 Å². The molecule has 0 aliphatic carbocycles. The molecule has 0 bridgehead atoms. The van der Waals surface area contributed by atoms with E-state index in [1.807, 2.05) is 121 Å². The van der Waals surface area contributed by atoms with Crippen LogP contribution in [-0.2, 0) is 4.79 Å². The largest absolute Gasteiger partial charge is 0.491 e. The first-order valence-electron chi connectivity index (χ1n) is 13.4. The van der Waals surface area contributed by atoms with Gasteiger partial charge >= 0.3 is 0 Å². The van der Waals surface area contributed by atoms with Crippen molar-refractivity contribution in [2.24, 2.45) is 0 Å². The number of carbonyl (C=O) groups excluding carboxylic acids is 1. The number of nitrogens with zero attached hydrogens (tertiary/aromatic N) is 1. The Morgan fingerprint density at radius 3 is 1.40 bits per heavy atom. The standard InChI is InChI=1S/C33H36N2O5/c36-28(24-39-30-17-9-3-10-18-30)21-35(22-29(37)25-40-31-19-11-4-12-20-31)23-32(38)34-33(26-13-5-1-6-14-26)27-15-7-2-8-16-27/h1-20,28-29,33,36-37H,21-25H2,(H,34,38)/t28-,29-/m0/s1. The Kier molecular flexibility index (Phi) is 11.1. The molecule has 0 fully saturated rings. The Labute approximate surface area is 235 Å². The minimum absolute atomic E-state index is 0.0268. The number of hydrogen-bond acceptors (Lipinski definition) is 6. The Bertz CT molecular complexity index is 1170. The Hall–Kier alpha value is -4.17. The maximum Gasteiger partial charge on any atom is 0.234 e. The summed E-state index contributed by atoms with van der Waals surface area (Å²) < 4.78 is 11.4. The zero-order valence-electron chi connectivity index (χ0n) is 22.4. The van der Waals surface area contributed by atoms with Crippen molar-refractivity contribution < 1.29 is 24.5 Å². The SMILES string of the molecule is O=C(CN(C[C@H](O)COc1ccccc1)C[C@H](O)COc1ccccc1)NC(c1ccccc1)c1ccccc1. The van der Waals surface area contributed by atoms with Gasteiger partial charge in [-0.25, -0.2) is 0 Å². The van der Waals surface area contributed by atoms with E-state index in [1.165, 1.54) is 0 Å². The number of benzene rings is 4. The summed E-state index contributed by atoms with van der Waals surface area (Å²) in [6, 6.07) is 37.7. The number of ether oxygens (including phenoxy) is 2. The number of nitrogens with one attached hydrogen (secondary N) is 1. The topological polar surface area (TPSA) is 91.3 Å². The molecule has 0 saturated heterocycles. The van der Waals surface area contributed by atoms with Crippen LogP contribution in [-0.4, -0.2) is 66.1 Å². The summed E-state index contributed by atoms with van der Waals surface area (Å²) >= 11 is 0. The zero-order chi connectivity index (χ0) is 28.0. The third-order valence-corrected chi connectivity index (χ3v) is 6.25. The molecule has 0 saturated carbocycles. The second kappa shape index (κ2) is 15.4. The van der Waals surface area contributed by atoms with Crippen molar-refractivity contribution >= 4 is 5.91 Å². The summed E-state index contributed by atoms with van der Waals surface area (Å²) in [5.41, 5.74) is 1.92. The Morgan fingerprint density at radius 2 is 1.00 bits per heavy atom. The van der Waals surface area contributed by atoms with Gasteiger partial charge in [0, 0.05) is 13.1 Å². The molecule has 7 nitrogen and oxygen atoms in total. The lowest BCUT2D eigenvalue weighted by atomic mass is 9.98. The van der Waals surface area contributed by atoms with Crippen LogP contribution in [0, 0.1) is 0 Å². The monoisotopic (exact) mass is 540 g/mol. The molecule has 208 valence electrons. The van der Waals surface area contributed by atoms with Crippen molar-refractivity contribution in [2.45, 2.75) is 18.2 Å². The molecular formula is C33H36N2O5. The van der Waals surface area contributed by atoms with Gasteiger partial charge in [0.15, 0.2) is 0 Å². The van der Waals surface area contributed by atoms with E-state index in [0.717, 1.165) is 11.1 Å². The third kappa shape index (κ3) is 9.54. The molecule has 1 amide bonds. The number of rotatable bonds is 15. The first-order chi connectivity index (χ1) is 19.6. The van der Waals surface area contributed by atoms with Crippen LogP contribution in [0.2, 0.25) is 0 Å². The van der Waals surface area contributed by atoms with E-state index in [0.29, 0.717) is 11.5 Å². The number of amides is 1. The van der Waals surface area contributed by atoms with Crippen molar-refractivity contribution in [3.05, 3.63) is 132 Å². The lowest BCUT2D eigenvalue weighted by Gasteiger charge is -2.28.